The van der Waals surface area contributed by atoms with Crippen molar-refractivity contribution in [3.8, 4) is 0 Å². The molecule has 0 bridgehead atoms. The first kappa shape index (κ1) is 29.9. The van der Waals surface area contributed by atoms with E-state index in [-0.39, 0.29) is 32.6 Å². The van der Waals surface area contributed by atoms with Gasteiger partial charge in [0.2, 0.25) is 0 Å². The fourth-order valence-corrected chi connectivity index (χ4v) is 7.71. The topological polar surface area (TPSA) is 71.1 Å². The van der Waals surface area contributed by atoms with Gasteiger partial charge in [-0.25, -0.2) is 0 Å². The first-order valence-corrected chi connectivity index (χ1v) is 23.7. The maximum absolute atomic E-state index is 12.5. The van der Waals surface area contributed by atoms with E-state index >= 15 is 0 Å². The van der Waals surface area contributed by atoms with Gasteiger partial charge in [-0.3, -0.25) is 9.13 Å². The molecule has 0 rings (SSSR count). The van der Waals surface area contributed by atoms with Crippen LogP contribution in [0.25, 0.3) is 0 Å². The summed E-state index contributed by atoms with van der Waals surface area (Å²) in [4.78, 5) is 0. The van der Waals surface area contributed by atoms with Crippen molar-refractivity contribution in [1.29, 1.82) is 0 Å². The molecule has 0 aliphatic rings. The third-order valence-electron chi connectivity index (χ3n) is 3.33. The van der Waals surface area contributed by atoms with Gasteiger partial charge in [-0.1, -0.05) is 6.92 Å². The minimum atomic E-state index is -3.29. The molecule has 6 nitrogen and oxygen atoms in total. The van der Waals surface area contributed by atoms with E-state index in [1.54, 1.807) is 34.6 Å². The summed E-state index contributed by atoms with van der Waals surface area (Å²) in [5.41, 5.74) is -0.545. The molecule has 0 aromatic rings. The molecule has 1 atom stereocenters. The fourth-order valence-electron chi connectivity index (χ4n) is 1.86. The zero-order chi connectivity index (χ0) is 20.9. The van der Waals surface area contributed by atoms with E-state index in [4.69, 9.17) is 35.9 Å². The number of halogens is 2. The van der Waals surface area contributed by atoms with Gasteiger partial charge in [-0.2, -0.15) is 0 Å². The normalized spacial score (nSPS) is 13.9. The SMILES string of the molecule is CCOP(=O)(CC(C)P(=O)(OCC)OCC)OCC.C[CH2][Sn]([Cl])([Cl])[CH2]C. The third-order valence-corrected chi connectivity index (χ3v) is 21.5. The molecule has 0 saturated carbocycles. The quantitative estimate of drug-likeness (QED) is 0.180. The van der Waals surface area contributed by atoms with E-state index in [1.165, 1.54) is 0 Å². The molecule has 11 heteroatoms. The molecule has 0 saturated heterocycles. The second kappa shape index (κ2) is 15.5. The van der Waals surface area contributed by atoms with Gasteiger partial charge >= 0.3 is 71.9 Å². The zero-order valence-electron chi connectivity index (χ0n) is 17.1. The van der Waals surface area contributed by atoms with Crippen molar-refractivity contribution >= 4 is 49.2 Å². The third kappa shape index (κ3) is 13.0. The molecule has 0 aromatic heterocycles. The summed E-state index contributed by atoms with van der Waals surface area (Å²) in [6, 6.07) is 0. The molecule has 0 fully saturated rings. The molecular formula is C15H36Cl2O6P2Sn. The minimum absolute atomic E-state index is 0.0198. The van der Waals surface area contributed by atoms with Gasteiger partial charge in [0.05, 0.1) is 38.2 Å². The van der Waals surface area contributed by atoms with E-state index in [9.17, 15) is 9.13 Å². The van der Waals surface area contributed by atoms with Crippen LogP contribution < -0.4 is 0 Å². The summed E-state index contributed by atoms with van der Waals surface area (Å²) in [6.45, 7) is 13.9. The van der Waals surface area contributed by atoms with Crippen LogP contribution in [0.5, 0.6) is 0 Å². The molecule has 0 aliphatic heterocycles. The van der Waals surface area contributed by atoms with Crippen molar-refractivity contribution < 1.29 is 27.2 Å². The van der Waals surface area contributed by atoms with Gasteiger partial charge in [0.15, 0.2) is 0 Å². The molecule has 160 valence electrons. The predicted molar refractivity (Wildman–Crippen MR) is 114 cm³/mol. The molecular weight excluding hydrogens is 528 g/mol. The first-order valence-electron chi connectivity index (χ1n) is 9.14. The van der Waals surface area contributed by atoms with Crippen molar-refractivity contribution in [2.75, 3.05) is 32.6 Å². The van der Waals surface area contributed by atoms with Crippen molar-refractivity contribution in [2.24, 2.45) is 0 Å². The maximum atomic E-state index is 12.5. The van der Waals surface area contributed by atoms with Gasteiger partial charge in [-0.05, 0) is 27.7 Å². The van der Waals surface area contributed by atoms with Crippen molar-refractivity contribution in [3.05, 3.63) is 0 Å². The van der Waals surface area contributed by atoms with Crippen LogP contribution in [-0.4, -0.2) is 54.4 Å². The molecule has 1 unspecified atom stereocenters. The fraction of sp³-hybridized carbons (Fsp3) is 1.00. The summed E-state index contributed by atoms with van der Waals surface area (Å²) in [5.74, 6) is 0. The average molecular weight is 564 g/mol. The summed E-state index contributed by atoms with van der Waals surface area (Å²) in [5, 5.41) is 0. The molecule has 0 aromatic carbocycles. The number of rotatable bonds is 13. The Balaban J connectivity index is 0. The Morgan fingerprint density at radius 3 is 1.35 bits per heavy atom. The standard InChI is InChI=1S/C11H26O6P2.2C2H5.2ClH.Sn/c1-6-14-18(12,15-7-2)10-11(5)19(13,16-8-3)17-9-4;2*1-2;;;/h11H,6-10H2,1-5H3;2*1H2,2H3;2*1H;/q;;;;;+2/p-2. The van der Waals surface area contributed by atoms with Crippen LogP contribution in [0.3, 0.4) is 0 Å². The molecule has 0 heterocycles. The Morgan fingerprint density at radius 1 is 0.769 bits per heavy atom. The molecule has 0 aliphatic carbocycles. The van der Waals surface area contributed by atoms with Crippen LogP contribution in [0.1, 0.15) is 48.5 Å². The van der Waals surface area contributed by atoms with E-state index in [2.05, 4.69) is 13.8 Å². The second-order valence-electron chi connectivity index (χ2n) is 5.42. The molecule has 0 spiro atoms. The summed E-state index contributed by atoms with van der Waals surface area (Å²) >= 11 is -2.34. The second-order valence-corrected chi connectivity index (χ2v) is 29.9. The Hall–Kier alpha value is 1.68. The van der Waals surface area contributed by atoms with Crippen LogP contribution in [0, 0.1) is 0 Å². The van der Waals surface area contributed by atoms with Crippen LogP contribution in [0.4, 0.5) is 0 Å². The zero-order valence-corrected chi connectivity index (χ0v) is 23.3. The van der Waals surface area contributed by atoms with Crippen molar-refractivity contribution in [2.45, 2.75) is 63.0 Å². The van der Waals surface area contributed by atoms with E-state index < -0.39 is 37.0 Å². The van der Waals surface area contributed by atoms with E-state index in [0.29, 0.717) is 0 Å². The van der Waals surface area contributed by atoms with Crippen molar-refractivity contribution in [1.82, 2.24) is 0 Å². The Morgan fingerprint density at radius 2 is 1.12 bits per heavy atom. The van der Waals surface area contributed by atoms with Crippen LogP contribution >= 0.6 is 33.0 Å². The molecule has 0 amide bonds. The van der Waals surface area contributed by atoms with Crippen LogP contribution in [0.2, 0.25) is 8.87 Å². The van der Waals surface area contributed by atoms with Gasteiger partial charge < -0.3 is 18.1 Å². The van der Waals surface area contributed by atoms with Crippen LogP contribution in [0.15, 0.2) is 0 Å². The first-order chi connectivity index (χ1) is 12.0. The van der Waals surface area contributed by atoms with E-state index in [1.807, 2.05) is 0 Å². The predicted octanol–water partition coefficient (Wildman–Crippen LogP) is 6.85. The monoisotopic (exact) mass is 564 g/mol. The Labute approximate surface area is 171 Å². The van der Waals surface area contributed by atoms with E-state index in [0.717, 1.165) is 8.87 Å². The molecule has 0 N–H and O–H groups in total. The molecule has 26 heavy (non-hydrogen) atoms. The van der Waals surface area contributed by atoms with Gasteiger partial charge in [0, 0.05) is 0 Å². The number of hydrogen-bond acceptors (Lipinski definition) is 6. The average Bonchev–Trinajstić information content (AvgIpc) is 2.56. The van der Waals surface area contributed by atoms with Crippen molar-refractivity contribution in [3.63, 3.8) is 0 Å². The van der Waals surface area contributed by atoms with Gasteiger partial charge in [0.1, 0.15) is 0 Å². The van der Waals surface area contributed by atoms with Crippen LogP contribution in [-0.2, 0) is 27.2 Å². The van der Waals surface area contributed by atoms with Gasteiger partial charge in [0.25, 0.3) is 0 Å². The Kier molecular flexibility index (Phi) is 17.8. The number of hydrogen-bond donors (Lipinski definition) is 0. The Bertz CT molecular complexity index is 428. The molecule has 0 radical (unpaired) electrons. The summed E-state index contributed by atoms with van der Waals surface area (Å²) < 4.78 is 47.9. The summed E-state index contributed by atoms with van der Waals surface area (Å²) in [7, 11) is 5.22. The summed E-state index contributed by atoms with van der Waals surface area (Å²) in [6.07, 6.45) is 0.0198. The van der Waals surface area contributed by atoms with Gasteiger partial charge in [-0.15, -0.1) is 0 Å².